The molecule has 2 aromatic rings. The normalized spacial score (nSPS) is 10.3. The lowest BCUT2D eigenvalue weighted by atomic mass is 10.2. The Morgan fingerprint density at radius 3 is 2.65 bits per heavy atom. The molecule has 0 atom stereocenters. The molecular weight excluding hydrogens is 299 g/mol. The molecule has 104 valence electrons. The predicted molar refractivity (Wildman–Crippen MR) is 78.8 cm³/mol. The Morgan fingerprint density at radius 1 is 1.30 bits per heavy atom. The number of benzene rings is 2. The smallest absolute Gasteiger partial charge is 0.339 e. The van der Waals surface area contributed by atoms with Gasteiger partial charge in [-0.2, -0.15) is 0 Å². The number of carbonyl (C=O) groups is 1. The van der Waals surface area contributed by atoms with Crippen molar-refractivity contribution in [2.24, 2.45) is 0 Å². The SMILES string of the molecule is COC(=O)c1cc(F)cc(SCc2ccccc2)c1Cl. The predicted octanol–water partition coefficient (Wildman–Crippen LogP) is 4.56. The van der Waals surface area contributed by atoms with E-state index < -0.39 is 11.8 Å². The van der Waals surface area contributed by atoms with Crippen LogP contribution < -0.4 is 0 Å². The molecule has 0 radical (unpaired) electrons. The molecule has 0 spiro atoms. The van der Waals surface area contributed by atoms with Gasteiger partial charge in [-0.15, -0.1) is 11.8 Å². The van der Waals surface area contributed by atoms with Gasteiger partial charge in [0.2, 0.25) is 0 Å². The lowest BCUT2D eigenvalue weighted by Gasteiger charge is -2.08. The number of esters is 1. The van der Waals surface area contributed by atoms with Crippen molar-refractivity contribution in [1.82, 2.24) is 0 Å². The fourth-order valence-electron chi connectivity index (χ4n) is 1.66. The standard InChI is InChI=1S/C15H12ClFO2S/c1-19-15(18)12-7-11(17)8-13(14(12)16)20-9-10-5-3-2-4-6-10/h2-8H,9H2,1H3. The van der Waals surface area contributed by atoms with Crippen molar-refractivity contribution in [3.8, 4) is 0 Å². The maximum absolute atomic E-state index is 13.6. The number of thioether (sulfide) groups is 1. The molecule has 0 bridgehead atoms. The molecule has 2 aromatic carbocycles. The van der Waals surface area contributed by atoms with E-state index in [1.807, 2.05) is 30.3 Å². The van der Waals surface area contributed by atoms with Crippen LogP contribution in [0.25, 0.3) is 0 Å². The van der Waals surface area contributed by atoms with Crippen LogP contribution in [0.2, 0.25) is 5.02 Å². The quantitative estimate of drug-likeness (QED) is 0.612. The van der Waals surface area contributed by atoms with Crippen LogP contribution in [0.1, 0.15) is 15.9 Å². The third kappa shape index (κ3) is 3.52. The highest BCUT2D eigenvalue weighted by Gasteiger charge is 2.16. The molecule has 0 N–H and O–H groups in total. The molecule has 0 saturated carbocycles. The van der Waals surface area contributed by atoms with Gasteiger partial charge in [-0.1, -0.05) is 41.9 Å². The van der Waals surface area contributed by atoms with Crippen LogP contribution in [0.4, 0.5) is 4.39 Å². The number of ether oxygens (including phenoxy) is 1. The van der Waals surface area contributed by atoms with Gasteiger partial charge in [-0.3, -0.25) is 0 Å². The molecule has 20 heavy (non-hydrogen) atoms. The Kier molecular flexibility index (Phi) is 5.04. The molecule has 2 rings (SSSR count). The second-order valence-corrected chi connectivity index (χ2v) is 5.43. The van der Waals surface area contributed by atoms with Gasteiger partial charge >= 0.3 is 5.97 Å². The van der Waals surface area contributed by atoms with Crippen LogP contribution in [0.15, 0.2) is 47.4 Å². The third-order valence-corrected chi connectivity index (χ3v) is 4.28. The minimum atomic E-state index is -0.643. The summed E-state index contributed by atoms with van der Waals surface area (Å²) in [6, 6.07) is 12.1. The van der Waals surface area contributed by atoms with Crippen LogP contribution in [0.3, 0.4) is 0 Å². The monoisotopic (exact) mass is 310 g/mol. The summed E-state index contributed by atoms with van der Waals surface area (Å²) in [6.45, 7) is 0. The first kappa shape index (κ1) is 14.9. The molecule has 5 heteroatoms. The second kappa shape index (κ2) is 6.77. The molecule has 0 fully saturated rings. The van der Waals surface area contributed by atoms with E-state index in [9.17, 15) is 9.18 Å². The highest BCUT2D eigenvalue weighted by molar-refractivity contribution is 7.98. The summed E-state index contributed by atoms with van der Waals surface area (Å²) in [6.07, 6.45) is 0. The minimum Gasteiger partial charge on any atom is -0.465 e. The first-order valence-corrected chi connectivity index (χ1v) is 7.22. The van der Waals surface area contributed by atoms with Crippen molar-refractivity contribution >= 4 is 29.3 Å². The van der Waals surface area contributed by atoms with Crippen molar-refractivity contribution in [3.63, 3.8) is 0 Å². The molecule has 0 amide bonds. The van der Waals surface area contributed by atoms with Gasteiger partial charge in [0.1, 0.15) is 5.82 Å². The van der Waals surface area contributed by atoms with Crippen LogP contribution in [0.5, 0.6) is 0 Å². The van der Waals surface area contributed by atoms with Crippen LogP contribution >= 0.6 is 23.4 Å². The van der Waals surface area contributed by atoms with E-state index in [0.29, 0.717) is 10.6 Å². The van der Waals surface area contributed by atoms with E-state index in [1.54, 1.807) is 0 Å². The molecule has 0 aliphatic carbocycles. The zero-order valence-electron chi connectivity index (χ0n) is 10.7. The van der Waals surface area contributed by atoms with Crippen molar-refractivity contribution in [1.29, 1.82) is 0 Å². The lowest BCUT2D eigenvalue weighted by Crippen LogP contribution is -2.03. The molecule has 0 unspecified atom stereocenters. The van der Waals surface area contributed by atoms with Crippen LogP contribution in [-0.2, 0) is 10.5 Å². The highest BCUT2D eigenvalue weighted by Crippen LogP contribution is 2.33. The van der Waals surface area contributed by atoms with Gasteiger partial charge < -0.3 is 4.74 Å². The fourth-order valence-corrected chi connectivity index (χ4v) is 2.96. The average Bonchev–Trinajstić information content (AvgIpc) is 2.48. The van der Waals surface area contributed by atoms with E-state index in [2.05, 4.69) is 4.74 Å². The number of halogens is 2. The average molecular weight is 311 g/mol. The first-order valence-electron chi connectivity index (χ1n) is 5.86. The summed E-state index contributed by atoms with van der Waals surface area (Å²) in [7, 11) is 1.24. The Labute approximate surface area is 125 Å². The molecule has 0 saturated heterocycles. The number of hydrogen-bond donors (Lipinski definition) is 0. The van der Waals surface area contributed by atoms with E-state index in [1.165, 1.54) is 24.9 Å². The Hall–Kier alpha value is -1.52. The zero-order valence-corrected chi connectivity index (χ0v) is 12.3. The third-order valence-electron chi connectivity index (χ3n) is 2.65. The topological polar surface area (TPSA) is 26.3 Å². The maximum Gasteiger partial charge on any atom is 0.339 e. The van der Waals surface area contributed by atoms with E-state index in [0.717, 1.165) is 11.6 Å². The van der Waals surface area contributed by atoms with Gasteiger partial charge in [0.05, 0.1) is 17.7 Å². The van der Waals surface area contributed by atoms with Gasteiger partial charge in [-0.25, -0.2) is 9.18 Å². The Balaban J connectivity index is 2.23. The van der Waals surface area contributed by atoms with Gasteiger partial charge in [0.15, 0.2) is 0 Å². The molecule has 0 heterocycles. The largest absolute Gasteiger partial charge is 0.465 e. The van der Waals surface area contributed by atoms with E-state index >= 15 is 0 Å². The van der Waals surface area contributed by atoms with Crippen molar-refractivity contribution in [2.45, 2.75) is 10.6 Å². The molecule has 0 aliphatic heterocycles. The van der Waals surface area contributed by atoms with E-state index in [4.69, 9.17) is 11.6 Å². The Morgan fingerprint density at radius 2 is 2.00 bits per heavy atom. The summed E-state index contributed by atoms with van der Waals surface area (Å²) >= 11 is 7.51. The van der Waals surface area contributed by atoms with Crippen LogP contribution in [-0.4, -0.2) is 13.1 Å². The van der Waals surface area contributed by atoms with E-state index in [-0.39, 0.29) is 10.6 Å². The Bertz CT molecular complexity index is 617. The van der Waals surface area contributed by atoms with Crippen molar-refractivity contribution in [2.75, 3.05) is 7.11 Å². The molecule has 2 nitrogen and oxygen atoms in total. The number of methoxy groups -OCH3 is 1. The summed E-state index contributed by atoms with van der Waals surface area (Å²) in [5.41, 5.74) is 1.14. The highest BCUT2D eigenvalue weighted by atomic mass is 35.5. The number of rotatable bonds is 4. The summed E-state index contributed by atoms with van der Waals surface area (Å²) in [5, 5.41) is 0.221. The number of carbonyl (C=O) groups excluding carboxylic acids is 1. The summed E-state index contributed by atoms with van der Waals surface area (Å²) in [4.78, 5) is 12.1. The summed E-state index contributed by atoms with van der Waals surface area (Å²) in [5.74, 6) is -0.508. The molecule has 0 aromatic heterocycles. The fraction of sp³-hybridized carbons (Fsp3) is 0.133. The van der Waals surface area contributed by atoms with Crippen molar-refractivity contribution in [3.05, 3.63) is 64.4 Å². The molecular formula is C15H12ClFO2S. The number of hydrogen-bond acceptors (Lipinski definition) is 3. The van der Waals surface area contributed by atoms with Gasteiger partial charge in [0, 0.05) is 10.6 Å². The second-order valence-electron chi connectivity index (χ2n) is 4.03. The van der Waals surface area contributed by atoms with Gasteiger partial charge in [0.25, 0.3) is 0 Å². The van der Waals surface area contributed by atoms with Crippen LogP contribution in [0, 0.1) is 5.82 Å². The van der Waals surface area contributed by atoms with Gasteiger partial charge in [-0.05, 0) is 17.7 Å². The van der Waals surface area contributed by atoms with Crippen molar-refractivity contribution < 1.29 is 13.9 Å². The molecule has 0 aliphatic rings. The zero-order chi connectivity index (χ0) is 14.5. The maximum atomic E-state index is 13.6. The minimum absolute atomic E-state index is 0.0460. The lowest BCUT2D eigenvalue weighted by molar-refractivity contribution is 0.0600. The first-order chi connectivity index (χ1) is 9.61. The summed E-state index contributed by atoms with van der Waals surface area (Å²) < 4.78 is 18.1.